The lowest BCUT2D eigenvalue weighted by molar-refractivity contribution is -0.168. The Morgan fingerprint density at radius 2 is 1.91 bits per heavy atom. The Morgan fingerprint density at radius 3 is 2.53 bits per heavy atom. The smallest absolute Gasteiger partial charge is 0.327 e. The number of carbonyl (C=O) groups is 3. The summed E-state index contributed by atoms with van der Waals surface area (Å²) in [6, 6.07) is -0.0465. The highest BCUT2D eigenvalue weighted by Crippen LogP contribution is 2.54. The highest BCUT2D eigenvalue weighted by Gasteiger charge is 2.70. The molecule has 4 atom stereocenters. The number of thiophene rings is 1. The minimum atomic E-state index is -1.18. The number of nitrogens with one attached hydrogen (secondary N) is 1. The van der Waals surface area contributed by atoms with Gasteiger partial charge in [0.25, 0.3) is 5.91 Å². The van der Waals surface area contributed by atoms with Crippen LogP contribution in [0.4, 0.5) is 0 Å². The van der Waals surface area contributed by atoms with Gasteiger partial charge >= 0.3 is 5.97 Å². The Hall–Kier alpha value is -1.78. The maximum absolute atomic E-state index is 12.9. The van der Waals surface area contributed by atoms with Crippen molar-refractivity contribution < 1.29 is 24.2 Å². The molecule has 4 rings (SSSR count). The minimum Gasteiger partial charge on any atom is -0.490 e. The van der Waals surface area contributed by atoms with Crippen LogP contribution in [-0.2, 0) is 14.4 Å². The number of thioether (sulfide) groups is 1. The van der Waals surface area contributed by atoms with Gasteiger partial charge in [-0.1, -0.05) is 12.8 Å². The van der Waals surface area contributed by atoms with Gasteiger partial charge in [0.2, 0.25) is 5.91 Å². The van der Waals surface area contributed by atoms with Crippen molar-refractivity contribution in [3.05, 3.63) is 16.3 Å². The largest absolute Gasteiger partial charge is 0.490 e. The van der Waals surface area contributed by atoms with Crippen LogP contribution in [0.1, 0.15) is 70.2 Å². The van der Waals surface area contributed by atoms with Crippen LogP contribution in [0.15, 0.2) is 11.4 Å². The van der Waals surface area contributed by atoms with E-state index in [4.69, 9.17) is 10.5 Å². The van der Waals surface area contributed by atoms with Gasteiger partial charge in [-0.2, -0.15) is 0 Å². The maximum Gasteiger partial charge on any atom is 0.327 e. The van der Waals surface area contributed by atoms with E-state index in [1.54, 1.807) is 20.8 Å². The van der Waals surface area contributed by atoms with Crippen LogP contribution >= 0.6 is 23.1 Å². The summed E-state index contributed by atoms with van der Waals surface area (Å²) < 4.78 is 5.46. The average molecular weight is 482 g/mol. The summed E-state index contributed by atoms with van der Waals surface area (Å²) in [6.45, 7) is 5.25. The van der Waals surface area contributed by atoms with Crippen LogP contribution in [0.25, 0.3) is 0 Å². The number of fused-ring (bicyclic) bond motifs is 1. The van der Waals surface area contributed by atoms with Crippen LogP contribution in [0.5, 0.6) is 5.75 Å². The average Bonchev–Trinajstić information content (AvgIpc) is 3.18. The molecule has 176 valence electrons. The summed E-state index contributed by atoms with van der Waals surface area (Å²) in [6.07, 6.45) is 7.13. The lowest BCUT2D eigenvalue weighted by Gasteiger charge is -2.51. The van der Waals surface area contributed by atoms with Crippen molar-refractivity contribution in [3.63, 3.8) is 0 Å². The molecule has 8 nitrogen and oxygen atoms in total. The number of nitrogens with two attached hydrogens (primary N) is 1. The van der Waals surface area contributed by atoms with Crippen LogP contribution in [-0.4, -0.2) is 55.6 Å². The number of rotatable bonds is 6. The summed E-state index contributed by atoms with van der Waals surface area (Å²) in [4.78, 5) is 39.6. The standard InChI is InChI=1S/C22H31N3O5S2/c1-21(2)16(18(27)28)25-19(29)22(3,20(25)32-21)24-17(26)15(23)14-10-13(11-31-14)30-12-8-6-4-5-7-9-12/h10-12,15-16,20H,4-9,23H2,1-3H3,(H,24,26)(H,27,28)/t15?,16-,20+,22?/m0/s1. The normalized spacial score (nSPS) is 30.8. The molecule has 3 aliphatic rings. The molecule has 1 aromatic heterocycles. The molecule has 2 saturated heterocycles. The van der Waals surface area contributed by atoms with E-state index >= 15 is 0 Å². The molecule has 3 fully saturated rings. The van der Waals surface area contributed by atoms with Gasteiger partial charge in [0.1, 0.15) is 28.7 Å². The number of amides is 2. The highest BCUT2D eigenvalue weighted by molar-refractivity contribution is 8.01. The number of hydrogen-bond acceptors (Lipinski definition) is 7. The first kappa shape index (κ1) is 23.4. The van der Waals surface area contributed by atoms with Gasteiger partial charge < -0.3 is 25.8 Å². The molecule has 1 aromatic rings. The van der Waals surface area contributed by atoms with E-state index in [1.807, 2.05) is 11.4 Å². The Balaban J connectivity index is 1.41. The fraction of sp³-hybridized carbons (Fsp3) is 0.682. The van der Waals surface area contributed by atoms with Gasteiger partial charge in [0, 0.05) is 15.0 Å². The number of carboxylic acid groups (broad SMARTS) is 1. The predicted molar refractivity (Wildman–Crippen MR) is 124 cm³/mol. The molecule has 0 aromatic carbocycles. The first-order chi connectivity index (χ1) is 15.0. The van der Waals surface area contributed by atoms with Crippen LogP contribution in [0.3, 0.4) is 0 Å². The summed E-state index contributed by atoms with van der Waals surface area (Å²) in [5.41, 5.74) is 5.04. The van der Waals surface area contributed by atoms with E-state index in [2.05, 4.69) is 5.32 Å². The van der Waals surface area contributed by atoms with Gasteiger partial charge in [-0.3, -0.25) is 9.59 Å². The number of ether oxygens (including phenoxy) is 1. The lowest BCUT2D eigenvalue weighted by atomic mass is 9.86. The Morgan fingerprint density at radius 1 is 1.25 bits per heavy atom. The zero-order chi connectivity index (χ0) is 23.3. The second kappa shape index (κ2) is 8.53. The number of carbonyl (C=O) groups excluding carboxylic acids is 2. The quantitative estimate of drug-likeness (QED) is 0.422. The number of carboxylic acids is 1. The number of nitrogens with zero attached hydrogens (tertiary/aromatic N) is 1. The van der Waals surface area contributed by atoms with Gasteiger partial charge in [-0.05, 0) is 52.5 Å². The molecule has 0 bridgehead atoms. The van der Waals surface area contributed by atoms with Gasteiger partial charge in [0.05, 0.1) is 6.10 Å². The molecular formula is C22H31N3O5S2. The second-order valence-corrected chi connectivity index (χ2v) is 12.3. The molecule has 0 spiro atoms. The molecule has 2 aliphatic heterocycles. The highest BCUT2D eigenvalue weighted by atomic mass is 32.2. The maximum atomic E-state index is 12.9. The molecule has 10 heteroatoms. The molecular weight excluding hydrogens is 450 g/mol. The number of β-lactam (4-membered cyclic amide) rings is 1. The van der Waals surface area contributed by atoms with E-state index in [9.17, 15) is 19.5 Å². The fourth-order valence-corrected chi connectivity index (χ4v) is 7.37. The molecule has 2 amide bonds. The predicted octanol–water partition coefficient (Wildman–Crippen LogP) is 2.87. The zero-order valence-corrected chi connectivity index (χ0v) is 20.3. The minimum absolute atomic E-state index is 0.201. The third-order valence-corrected chi connectivity index (χ3v) is 9.43. The van der Waals surface area contributed by atoms with Crippen LogP contribution < -0.4 is 15.8 Å². The molecule has 1 saturated carbocycles. The molecule has 0 radical (unpaired) electrons. The summed E-state index contributed by atoms with van der Waals surface area (Å²) in [5.74, 6) is -1.16. The third kappa shape index (κ3) is 4.01. The Kier molecular flexibility index (Phi) is 6.23. The fourth-order valence-electron chi connectivity index (χ4n) is 4.91. The summed E-state index contributed by atoms with van der Waals surface area (Å²) in [7, 11) is 0. The van der Waals surface area contributed by atoms with Gasteiger partial charge in [0.15, 0.2) is 0 Å². The van der Waals surface area contributed by atoms with Crippen LogP contribution in [0, 0.1) is 0 Å². The Labute approximate surface area is 196 Å². The monoisotopic (exact) mass is 481 g/mol. The lowest BCUT2D eigenvalue weighted by Crippen LogP contribution is -2.78. The van der Waals surface area contributed by atoms with E-state index in [0.29, 0.717) is 4.88 Å². The van der Waals surface area contributed by atoms with Crippen LogP contribution in [0.2, 0.25) is 0 Å². The van der Waals surface area contributed by atoms with E-state index in [0.717, 1.165) is 18.6 Å². The molecule has 3 heterocycles. The summed E-state index contributed by atoms with van der Waals surface area (Å²) >= 11 is 2.76. The van der Waals surface area contributed by atoms with E-state index in [-0.39, 0.29) is 6.10 Å². The van der Waals surface area contributed by atoms with Gasteiger partial charge in [-0.15, -0.1) is 23.1 Å². The van der Waals surface area contributed by atoms with Crippen molar-refractivity contribution in [2.24, 2.45) is 5.73 Å². The molecule has 4 N–H and O–H groups in total. The van der Waals surface area contributed by atoms with Crippen molar-refractivity contribution in [2.45, 2.75) is 93.1 Å². The van der Waals surface area contributed by atoms with Crippen molar-refractivity contribution in [3.8, 4) is 5.75 Å². The molecule has 2 unspecified atom stereocenters. The third-order valence-electron chi connectivity index (χ3n) is 6.68. The first-order valence-electron chi connectivity index (χ1n) is 11.1. The second-order valence-electron chi connectivity index (χ2n) is 9.61. The SMILES string of the molecule is CC1(C)S[C@H]2N(C(=O)C2(C)NC(=O)C(N)c2cc(OC3CCCCCC3)cs2)[C@H]1C(=O)O. The van der Waals surface area contributed by atoms with Crippen molar-refractivity contribution in [2.75, 3.05) is 0 Å². The Bertz CT molecular complexity index is 911. The topological polar surface area (TPSA) is 122 Å². The summed E-state index contributed by atoms with van der Waals surface area (Å²) in [5, 5.41) is 13.8. The van der Waals surface area contributed by atoms with Crippen molar-refractivity contribution >= 4 is 40.9 Å². The van der Waals surface area contributed by atoms with E-state index in [1.165, 1.54) is 53.7 Å². The zero-order valence-electron chi connectivity index (χ0n) is 18.6. The van der Waals surface area contributed by atoms with E-state index < -0.39 is 45.5 Å². The first-order valence-corrected chi connectivity index (χ1v) is 12.9. The number of aliphatic carboxylic acids is 1. The molecule has 32 heavy (non-hydrogen) atoms. The van der Waals surface area contributed by atoms with Crippen molar-refractivity contribution in [1.82, 2.24) is 10.2 Å². The van der Waals surface area contributed by atoms with Crippen molar-refractivity contribution in [1.29, 1.82) is 0 Å². The van der Waals surface area contributed by atoms with Gasteiger partial charge in [-0.25, -0.2) is 4.79 Å². The number of hydrogen-bond donors (Lipinski definition) is 3. The molecule has 1 aliphatic carbocycles.